The van der Waals surface area contributed by atoms with Crippen LogP contribution in [0.4, 0.5) is 5.69 Å². The van der Waals surface area contributed by atoms with E-state index in [0.29, 0.717) is 29.4 Å². The Morgan fingerprint density at radius 3 is 2.31 bits per heavy atom. The van der Waals surface area contributed by atoms with E-state index in [-0.39, 0.29) is 22.9 Å². The van der Waals surface area contributed by atoms with Crippen molar-refractivity contribution >= 4 is 17.5 Å². The van der Waals surface area contributed by atoms with Crippen molar-refractivity contribution in [2.45, 2.75) is 46.1 Å². The average molecular weight is 486 g/mol. The number of hydrogen-bond acceptors (Lipinski definition) is 5. The minimum Gasteiger partial charge on any atom is -0.435 e. The Morgan fingerprint density at radius 2 is 1.69 bits per heavy atom. The lowest BCUT2D eigenvalue weighted by atomic mass is 9.87. The third kappa shape index (κ3) is 6.07. The molecule has 4 rings (SSSR count). The van der Waals surface area contributed by atoms with Gasteiger partial charge in [0.1, 0.15) is 0 Å². The molecule has 36 heavy (non-hydrogen) atoms. The van der Waals surface area contributed by atoms with Crippen molar-refractivity contribution in [3.05, 3.63) is 78.5 Å². The van der Waals surface area contributed by atoms with Crippen LogP contribution in [0.3, 0.4) is 0 Å². The van der Waals surface area contributed by atoms with Crippen LogP contribution in [0.1, 0.15) is 50.2 Å². The molecule has 2 heterocycles. The summed E-state index contributed by atoms with van der Waals surface area (Å²) in [5.41, 5.74) is 3.59. The highest BCUT2D eigenvalue weighted by Gasteiger charge is 2.23. The van der Waals surface area contributed by atoms with Gasteiger partial charge >= 0.3 is 0 Å². The first-order chi connectivity index (χ1) is 17.2. The fourth-order valence-corrected chi connectivity index (χ4v) is 3.78. The van der Waals surface area contributed by atoms with Gasteiger partial charge in [0, 0.05) is 49.2 Å². The predicted molar refractivity (Wildman–Crippen MR) is 140 cm³/mol. The molecule has 0 unspecified atom stereocenters. The minimum atomic E-state index is -0.303. The third-order valence-corrected chi connectivity index (χ3v) is 5.75. The standard InChI is InChI=1S/C28H31N5O3/c1-19(34)31-23-12-8-20(9-13-23)25-24(26(35)30-14-5-16-33-17-15-29-18-33)32-27(36-25)21-6-10-22(11-7-21)28(2,3)4/h6-13,15,17-18H,5,14,16H2,1-4H3,(H,30,35)(H,31,34). The Balaban J connectivity index is 1.59. The quantitative estimate of drug-likeness (QED) is 0.331. The average Bonchev–Trinajstić information content (AvgIpc) is 3.52. The van der Waals surface area contributed by atoms with Crippen LogP contribution in [0, 0.1) is 0 Å². The fraction of sp³-hybridized carbons (Fsp3) is 0.286. The second-order valence-corrected chi connectivity index (χ2v) is 9.69. The van der Waals surface area contributed by atoms with E-state index >= 15 is 0 Å². The minimum absolute atomic E-state index is 0.0255. The summed E-state index contributed by atoms with van der Waals surface area (Å²) in [5.74, 6) is 0.299. The van der Waals surface area contributed by atoms with E-state index in [0.717, 1.165) is 18.5 Å². The van der Waals surface area contributed by atoms with Gasteiger partial charge in [-0.05, 0) is 53.8 Å². The zero-order valence-corrected chi connectivity index (χ0v) is 21.0. The molecule has 0 radical (unpaired) electrons. The van der Waals surface area contributed by atoms with Crippen molar-refractivity contribution in [1.82, 2.24) is 19.9 Å². The Bertz CT molecular complexity index is 1320. The van der Waals surface area contributed by atoms with Gasteiger partial charge in [-0.15, -0.1) is 0 Å². The van der Waals surface area contributed by atoms with Gasteiger partial charge in [-0.25, -0.2) is 9.97 Å². The number of amides is 2. The first-order valence-corrected chi connectivity index (χ1v) is 11.9. The summed E-state index contributed by atoms with van der Waals surface area (Å²) < 4.78 is 8.11. The topological polar surface area (TPSA) is 102 Å². The van der Waals surface area contributed by atoms with Gasteiger partial charge in [-0.2, -0.15) is 0 Å². The van der Waals surface area contributed by atoms with E-state index in [1.165, 1.54) is 12.5 Å². The van der Waals surface area contributed by atoms with Crippen molar-refractivity contribution < 1.29 is 14.0 Å². The van der Waals surface area contributed by atoms with Gasteiger partial charge in [0.05, 0.1) is 6.33 Å². The van der Waals surface area contributed by atoms with Gasteiger partial charge in [0.15, 0.2) is 11.5 Å². The van der Waals surface area contributed by atoms with E-state index in [9.17, 15) is 9.59 Å². The highest BCUT2D eigenvalue weighted by molar-refractivity contribution is 5.98. The molecule has 0 bridgehead atoms. The zero-order chi connectivity index (χ0) is 25.7. The SMILES string of the molecule is CC(=O)Nc1ccc(-c2oc(-c3ccc(C(C)(C)C)cc3)nc2C(=O)NCCCn2ccnc2)cc1. The number of nitrogens with zero attached hydrogens (tertiary/aromatic N) is 3. The number of rotatable bonds is 8. The van der Waals surface area contributed by atoms with E-state index in [1.54, 1.807) is 36.8 Å². The molecular formula is C28H31N5O3. The molecule has 0 spiro atoms. The van der Waals surface area contributed by atoms with Crippen LogP contribution in [0.15, 0.2) is 71.7 Å². The second-order valence-electron chi connectivity index (χ2n) is 9.69. The number of anilines is 1. The van der Waals surface area contributed by atoms with Crippen LogP contribution in [-0.4, -0.2) is 32.9 Å². The first-order valence-electron chi connectivity index (χ1n) is 11.9. The molecule has 0 aliphatic rings. The van der Waals surface area contributed by atoms with Crippen molar-refractivity contribution in [1.29, 1.82) is 0 Å². The number of aryl methyl sites for hydroxylation is 1. The summed E-state index contributed by atoms with van der Waals surface area (Å²) in [6, 6.07) is 15.2. The largest absolute Gasteiger partial charge is 0.435 e. The highest BCUT2D eigenvalue weighted by atomic mass is 16.4. The fourth-order valence-electron chi connectivity index (χ4n) is 3.78. The Morgan fingerprint density at radius 1 is 1.00 bits per heavy atom. The summed E-state index contributed by atoms with van der Waals surface area (Å²) in [7, 11) is 0. The van der Waals surface area contributed by atoms with Crippen LogP contribution < -0.4 is 10.6 Å². The Labute approximate surface area is 210 Å². The van der Waals surface area contributed by atoms with Crippen molar-refractivity contribution in [2.24, 2.45) is 0 Å². The first kappa shape index (κ1) is 24.9. The maximum Gasteiger partial charge on any atom is 0.273 e. The third-order valence-electron chi connectivity index (χ3n) is 5.75. The van der Waals surface area contributed by atoms with Crippen LogP contribution in [0.25, 0.3) is 22.8 Å². The summed E-state index contributed by atoms with van der Waals surface area (Å²) in [4.78, 5) is 33.1. The molecule has 0 saturated carbocycles. The predicted octanol–water partition coefficient (Wildman–Crippen LogP) is 5.28. The molecule has 2 aromatic carbocycles. The molecule has 0 aliphatic carbocycles. The van der Waals surface area contributed by atoms with Crippen LogP contribution in [0.5, 0.6) is 0 Å². The van der Waals surface area contributed by atoms with Crippen LogP contribution in [-0.2, 0) is 16.8 Å². The normalized spacial score (nSPS) is 11.3. The monoisotopic (exact) mass is 485 g/mol. The van der Waals surface area contributed by atoms with Crippen molar-refractivity contribution in [2.75, 3.05) is 11.9 Å². The van der Waals surface area contributed by atoms with E-state index in [2.05, 4.69) is 53.5 Å². The second kappa shape index (κ2) is 10.6. The van der Waals surface area contributed by atoms with Crippen LogP contribution in [0.2, 0.25) is 0 Å². The summed E-state index contributed by atoms with van der Waals surface area (Å²) in [5, 5.41) is 5.69. The Hall–Kier alpha value is -4.20. The molecular weight excluding hydrogens is 454 g/mol. The molecule has 0 saturated heterocycles. The number of aromatic nitrogens is 3. The molecule has 8 heteroatoms. The number of hydrogen-bond donors (Lipinski definition) is 2. The maximum absolute atomic E-state index is 13.1. The van der Waals surface area contributed by atoms with Gasteiger partial charge < -0.3 is 19.6 Å². The molecule has 0 aliphatic heterocycles. The molecule has 0 atom stereocenters. The lowest BCUT2D eigenvalue weighted by Crippen LogP contribution is -2.26. The number of carbonyl (C=O) groups excluding carboxylic acids is 2. The highest BCUT2D eigenvalue weighted by Crippen LogP contribution is 2.32. The molecule has 4 aromatic rings. The molecule has 2 aromatic heterocycles. The van der Waals surface area contributed by atoms with E-state index in [4.69, 9.17) is 4.42 Å². The summed E-state index contributed by atoms with van der Waals surface area (Å²) in [6.45, 7) is 9.17. The zero-order valence-electron chi connectivity index (χ0n) is 21.0. The molecule has 0 fully saturated rings. The lowest BCUT2D eigenvalue weighted by molar-refractivity contribution is -0.114. The van der Waals surface area contributed by atoms with E-state index < -0.39 is 0 Å². The smallest absolute Gasteiger partial charge is 0.273 e. The van der Waals surface area contributed by atoms with Gasteiger partial charge in [-0.3, -0.25) is 9.59 Å². The van der Waals surface area contributed by atoms with Crippen molar-refractivity contribution in [3.63, 3.8) is 0 Å². The summed E-state index contributed by atoms with van der Waals surface area (Å²) >= 11 is 0. The summed E-state index contributed by atoms with van der Waals surface area (Å²) in [6.07, 6.45) is 6.12. The number of benzene rings is 2. The molecule has 2 N–H and O–H groups in total. The number of nitrogens with one attached hydrogen (secondary N) is 2. The van der Waals surface area contributed by atoms with Gasteiger partial charge in [0.2, 0.25) is 11.8 Å². The molecule has 8 nitrogen and oxygen atoms in total. The van der Waals surface area contributed by atoms with E-state index in [1.807, 2.05) is 22.9 Å². The molecule has 186 valence electrons. The lowest BCUT2D eigenvalue weighted by Gasteiger charge is -2.18. The number of imidazole rings is 1. The Kier molecular flexibility index (Phi) is 7.33. The van der Waals surface area contributed by atoms with Gasteiger partial charge in [0.25, 0.3) is 5.91 Å². The number of oxazole rings is 1. The van der Waals surface area contributed by atoms with Crippen molar-refractivity contribution in [3.8, 4) is 22.8 Å². The number of carbonyl (C=O) groups is 2. The maximum atomic E-state index is 13.1. The molecule has 2 amide bonds. The van der Waals surface area contributed by atoms with Gasteiger partial charge in [-0.1, -0.05) is 32.9 Å². The van der Waals surface area contributed by atoms with Crippen LogP contribution >= 0.6 is 0 Å².